The molecular weight excluding hydrogens is 888 g/mol. The average Bonchev–Trinajstić information content (AvgIpc) is 3.32. The highest BCUT2D eigenvalue weighted by Gasteiger charge is 2.27. The number of nitrogens with zero attached hydrogens (tertiary/aromatic N) is 1. The second-order valence-corrected chi connectivity index (χ2v) is 23.2. The Hall–Kier alpha value is -1.54. The molecule has 0 spiro atoms. The van der Waals surface area contributed by atoms with Crippen molar-refractivity contribution < 1.29 is 32.9 Å². The molecule has 1 amide bonds. The topological polar surface area (TPSA) is 105 Å². The van der Waals surface area contributed by atoms with Gasteiger partial charge >= 0.3 is 7.82 Å². The maximum absolute atomic E-state index is 13.0. The molecule has 0 aromatic carbocycles. The molecule has 0 aromatic heterocycles. The number of hydrogen-bond acceptors (Lipinski definition) is 5. The molecule has 0 saturated carbocycles. The summed E-state index contributed by atoms with van der Waals surface area (Å²) in [4.78, 5) is 23.3. The summed E-state index contributed by atoms with van der Waals surface area (Å²) in [5, 5.41) is 13.9. The minimum Gasteiger partial charge on any atom is -0.387 e. The van der Waals surface area contributed by atoms with Crippen LogP contribution in [-0.4, -0.2) is 73.4 Å². The van der Waals surface area contributed by atoms with Crippen LogP contribution in [0.3, 0.4) is 0 Å². The van der Waals surface area contributed by atoms with Gasteiger partial charge in [0.25, 0.3) is 0 Å². The summed E-state index contributed by atoms with van der Waals surface area (Å²) in [6.45, 7) is 4.82. The van der Waals surface area contributed by atoms with Crippen molar-refractivity contribution in [2.75, 3.05) is 40.9 Å². The number of phosphoric acid groups is 1. The Morgan fingerprint density at radius 2 is 0.786 bits per heavy atom. The Morgan fingerprint density at radius 1 is 0.471 bits per heavy atom. The molecule has 70 heavy (non-hydrogen) atoms. The molecule has 0 aromatic rings. The van der Waals surface area contributed by atoms with Gasteiger partial charge < -0.3 is 19.8 Å². The van der Waals surface area contributed by atoms with Gasteiger partial charge in [0, 0.05) is 6.42 Å². The molecular formula is C61H118N2O6P+. The molecule has 0 rings (SSSR count). The molecule has 0 bridgehead atoms. The van der Waals surface area contributed by atoms with Crippen LogP contribution in [0.4, 0.5) is 0 Å². The number of amides is 1. The van der Waals surface area contributed by atoms with E-state index in [-0.39, 0.29) is 19.1 Å². The first-order valence-corrected chi connectivity index (χ1v) is 31.5. The Labute approximate surface area is 435 Å². The average molecular weight is 1010 g/mol. The molecule has 0 heterocycles. The molecule has 0 radical (unpaired) electrons. The molecule has 412 valence electrons. The maximum atomic E-state index is 13.0. The fourth-order valence-electron chi connectivity index (χ4n) is 8.78. The highest BCUT2D eigenvalue weighted by molar-refractivity contribution is 7.47. The fourth-order valence-corrected chi connectivity index (χ4v) is 9.51. The van der Waals surface area contributed by atoms with E-state index in [0.29, 0.717) is 17.4 Å². The fraction of sp³-hybridized carbons (Fsp3) is 0.852. The van der Waals surface area contributed by atoms with Crippen LogP contribution >= 0.6 is 7.82 Å². The highest BCUT2D eigenvalue weighted by Crippen LogP contribution is 2.43. The lowest BCUT2D eigenvalue weighted by Gasteiger charge is -2.25. The van der Waals surface area contributed by atoms with E-state index in [4.69, 9.17) is 9.05 Å². The van der Waals surface area contributed by atoms with Crippen molar-refractivity contribution in [1.29, 1.82) is 0 Å². The quantitative estimate of drug-likeness (QED) is 0.0243. The zero-order chi connectivity index (χ0) is 51.3. The van der Waals surface area contributed by atoms with E-state index < -0.39 is 20.0 Å². The molecule has 0 aliphatic carbocycles. The van der Waals surface area contributed by atoms with E-state index >= 15 is 0 Å². The highest BCUT2D eigenvalue weighted by atomic mass is 31.2. The van der Waals surface area contributed by atoms with Gasteiger partial charge in [-0.3, -0.25) is 13.8 Å². The van der Waals surface area contributed by atoms with Crippen molar-refractivity contribution in [3.63, 3.8) is 0 Å². The summed E-state index contributed by atoms with van der Waals surface area (Å²) in [6.07, 6.45) is 69.4. The SMILES string of the molecule is CCCCCCCCCC/C=C\CCCCCCCCCCCC(=O)NC(COP(=O)(O)OCC[N+](C)(C)C)C(O)/C=C/CC/C=C/CC/C=C/CCCCCCCCCCCCCCCCCCC. The molecule has 0 saturated heterocycles. The van der Waals surface area contributed by atoms with Crippen LogP contribution in [0, 0.1) is 0 Å². The van der Waals surface area contributed by atoms with Crippen LogP contribution < -0.4 is 5.32 Å². The number of nitrogens with one attached hydrogen (secondary N) is 1. The van der Waals surface area contributed by atoms with E-state index in [1.54, 1.807) is 6.08 Å². The second-order valence-electron chi connectivity index (χ2n) is 21.7. The van der Waals surface area contributed by atoms with Crippen LogP contribution in [0.2, 0.25) is 0 Å². The van der Waals surface area contributed by atoms with Gasteiger partial charge in [0.05, 0.1) is 39.9 Å². The number of rotatable bonds is 55. The van der Waals surface area contributed by atoms with Gasteiger partial charge in [0.1, 0.15) is 13.2 Å². The minimum atomic E-state index is -4.36. The normalized spacial score (nSPS) is 14.2. The van der Waals surface area contributed by atoms with Gasteiger partial charge in [-0.05, 0) is 70.6 Å². The van der Waals surface area contributed by atoms with E-state index in [1.807, 2.05) is 27.2 Å². The van der Waals surface area contributed by atoms with Crippen LogP contribution in [0.5, 0.6) is 0 Å². The Bertz CT molecular complexity index is 1280. The van der Waals surface area contributed by atoms with Crippen molar-refractivity contribution >= 4 is 13.7 Å². The first kappa shape index (κ1) is 68.5. The molecule has 0 aliphatic heterocycles. The van der Waals surface area contributed by atoms with Crippen molar-refractivity contribution in [2.45, 2.75) is 296 Å². The third kappa shape index (κ3) is 54.2. The van der Waals surface area contributed by atoms with E-state index in [0.717, 1.165) is 44.9 Å². The van der Waals surface area contributed by atoms with Gasteiger partial charge in [-0.25, -0.2) is 4.57 Å². The molecule has 3 N–H and O–H groups in total. The van der Waals surface area contributed by atoms with Crippen molar-refractivity contribution in [2.24, 2.45) is 0 Å². The predicted octanol–water partition coefficient (Wildman–Crippen LogP) is 18.3. The maximum Gasteiger partial charge on any atom is 0.472 e. The number of carbonyl (C=O) groups excluding carboxylic acids is 1. The lowest BCUT2D eigenvalue weighted by Crippen LogP contribution is -2.45. The molecule has 3 unspecified atom stereocenters. The van der Waals surface area contributed by atoms with Crippen LogP contribution in [0.1, 0.15) is 284 Å². The van der Waals surface area contributed by atoms with Crippen molar-refractivity contribution in [3.05, 3.63) is 48.6 Å². The minimum absolute atomic E-state index is 0.0528. The number of allylic oxidation sites excluding steroid dienone is 7. The van der Waals surface area contributed by atoms with Gasteiger partial charge in [0.15, 0.2) is 0 Å². The summed E-state index contributed by atoms with van der Waals surface area (Å²) >= 11 is 0. The molecule has 0 aliphatic rings. The predicted molar refractivity (Wildman–Crippen MR) is 304 cm³/mol. The Morgan fingerprint density at radius 3 is 1.14 bits per heavy atom. The first-order chi connectivity index (χ1) is 34.0. The summed E-state index contributed by atoms with van der Waals surface area (Å²) in [5.74, 6) is -0.191. The van der Waals surface area contributed by atoms with Crippen LogP contribution in [0.15, 0.2) is 48.6 Å². The molecule has 9 heteroatoms. The largest absolute Gasteiger partial charge is 0.472 e. The Kier molecular flexibility index (Phi) is 51.2. The number of aliphatic hydroxyl groups is 1. The third-order valence-corrected chi connectivity index (χ3v) is 14.5. The van der Waals surface area contributed by atoms with Crippen LogP contribution in [-0.2, 0) is 18.4 Å². The van der Waals surface area contributed by atoms with Gasteiger partial charge in [0.2, 0.25) is 5.91 Å². The summed E-state index contributed by atoms with van der Waals surface area (Å²) in [7, 11) is 1.55. The van der Waals surface area contributed by atoms with Crippen LogP contribution in [0.25, 0.3) is 0 Å². The standard InChI is InChI=1S/C61H117N2O6P/c1-6-8-10-12-14-16-18-20-22-24-26-28-29-30-31-32-33-35-36-38-40-42-44-46-48-50-52-54-60(64)59(58-69-70(66,67)68-57-56-63(3,4)5)62-61(65)55-53-51-49-47-45-43-41-39-37-34-27-25-23-21-19-17-15-13-11-9-7-2/h25,27,36,38,44,46,52,54,59-60,64H,6-24,26,28-35,37,39-43,45,47-51,53,55-58H2,1-5H3,(H-,62,65,66,67)/p+1/b27-25-,38-36+,46-44+,54-52+. The second kappa shape index (κ2) is 52.3. The Balaban J connectivity index is 4.26. The van der Waals surface area contributed by atoms with E-state index in [1.165, 1.54) is 218 Å². The molecule has 0 fully saturated rings. The number of phosphoric ester groups is 1. The van der Waals surface area contributed by atoms with Crippen molar-refractivity contribution in [3.8, 4) is 0 Å². The van der Waals surface area contributed by atoms with E-state index in [9.17, 15) is 19.4 Å². The first-order valence-electron chi connectivity index (χ1n) is 30.0. The molecule has 3 atom stereocenters. The summed E-state index contributed by atoms with van der Waals surface area (Å²) in [5.41, 5.74) is 0. The van der Waals surface area contributed by atoms with E-state index in [2.05, 4.69) is 55.6 Å². The third-order valence-electron chi connectivity index (χ3n) is 13.5. The van der Waals surface area contributed by atoms with Gasteiger partial charge in [-0.2, -0.15) is 0 Å². The smallest absolute Gasteiger partial charge is 0.387 e. The summed E-state index contributed by atoms with van der Waals surface area (Å²) in [6, 6.07) is -0.872. The van der Waals surface area contributed by atoms with Gasteiger partial charge in [-0.1, -0.05) is 255 Å². The zero-order valence-electron chi connectivity index (χ0n) is 47.0. The number of aliphatic hydroxyl groups excluding tert-OH is 1. The lowest BCUT2D eigenvalue weighted by molar-refractivity contribution is -0.870. The molecule has 8 nitrogen and oxygen atoms in total. The number of likely N-dealkylation sites (N-methyl/N-ethyl adjacent to an activating group) is 1. The monoisotopic (exact) mass is 1010 g/mol. The number of hydrogen-bond donors (Lipinski definition) is 3. The zero-order valence-corrected chi connectivity index (χ0v) is 47.9. The van der Waals surface area contributed by atoms with Gasteiger partial charge in [-0.15, -0.1) is 0 Å². The summed E-state index contributed by atoms with van der Waals surface area (Å²) < 4.78 is 23.7. The van der Waals surface area contributed by atoms with Crippen molar-refractivity contribution in [1.82, 2.24) is 5.32 Å². The number of quaternary nitrogens is 1. The lowest BCUT2D eigenvalue weighted by atomic mass is 10.0. The number of carbonyl (C=O) groups is 1. The number of unbranched alkanes of at least 4 members (excludes halogenated alkanes) is 36.